The zero-order valence-electron chi connectivity index (χ0n) is 11.8. The van der Waals surface area contributed by atoms with E-state index in [-0.39, 0.29) is 6.04 Å². The predicted octanol–water partition coefficient (Wildman–Crippen LogP) is 3.32. The van der Waals surface area contributed by atoms with Gasteiger partial charge in [0.15, 0.2) is 0 Å². The Morgan fingerprint density at radius 2 is 2.16 bits per heavy atom. The SMILES string of the molecule is CC(N)c1nc(CN2CCC[C@H]3CCCC[C@H]32)cs1. The number of nitrogens with two attached hydrogens (primary N) is 1. The minimum Gasteiger partial charge on any atom is -0.322 e. The van der Waals surface area contributed by atoms with E-state index in [0.717, 1.165) is 23.5 Å². The molecule has 2 fully saturated rings. The average Bonchev–Trinajstić information content (AvgIpc) is 2.88. The highest BCUT2D eigenvalue weighted by Gasteiger charge is 2.33. The smallest absolute Gasteiger partial charge is 0.109 e. The molecule has 1 unspecified atom stereocenters. The topological polar surface area (TPSA) is 42.1 Å². The number of hydrogen-bond acceptors (Lipinski definition) is 4. The highest BCUT2D eigenvalue weighted by Crippen LogP contribution is 2.36. The summed E-state index contributed by atoms with van der Waals surface area (Å²) < 4.78 is 0. The average molecular weight is 279 g/mol. The minimum atomic E-state index is 0.0718. The van der Waals surface area contributed by atoms with Gasteiger partial charge in [0.2, 0.25) is 0 Å². The van der Waals surface area contributed by atoms with Crippen LogP contribution in [0, 0.1) is 5.92 Å². The monoisotopic (exact) mass is 279 g/mol. The number of aromatic nitrogens is 1. The first-order chi connectivity index (χ1) is 9.24. The van der Waals surface area contributed by atoms with Gasteiger partial charge in [0.1, 0.15) is 5.01 Å². The van der Waals surface area contributed by atoms with Crippen molar-refractivity contribution < 1.29 is 0 Å². The fourth-order valence-corrected chi connectivity index (χ4v) is 4.51. The second kappa shape index (κ2) is 5.90. The first kappa shape index (κ1) is 13.5. The second-order valence-electron chi connectivity index (χ2n) is 6.19. The lowest BCUT2D eigenvalue weighted by atomic mass is 9.78. The quantitative estimate of drug-likeness (QED) is 0.923. The summed E-state index contributed by atoms with van der Waals surface area (Å²) >= 11 is 1.71. The first-order valence-electron chi connectivity index (χ1n) is 7.68. The van der Waals surface area contributed by atoms with Crippen LogP contribution in [0.2, 0.25) is 0 Å². The molecular formula is C15H25N3S. The largest absolute Gasteiger partial charge is 0.322 e. The van der Waals surface area contributed by atoms with Crippen LogP contribution in [-0.2, 0) is 6.54 Å². The lowest BCUT2D eigenvalue weighted by Crippen LogP contribution is -2.46. The molecule has 0 spiro atoms. The van der Waals surface area contributed by atoms with Crippen LogP contribution in [-0.4, -0.2) is 22.5 Å². The van der Waals surface area contributed by atoms with Crippen LogP contribution in [0.15, 0.2) is 5.38 Å². The van der Waals surface area contributed by atoms with Crippen molar-refractivity contribution in [3.05, 3.63) is 16.1 Å². The summed E-state index contributed by atoms with van der Waals surface area (Å²) in [7, 11) is 0. The zero-order valence-corrected chi connectivity index (χ0v) is 12.7. The van der Waals surface area contributed by atoms with Crippen LogP contribution in [0.5, 0.6) is 0 Å². The van der Waals surface area contributed by atoms with Crippen molar-refractivity contribution in [1.82, 2.24) is 9.88 Å². The molecule has 1 aromatic heterocycles. The summed E-state index contributed by atoms with van der Waals surface area (Å²) in [6, 6.07) is 0.894. The molecule has 1 aromatic rings. The maximum Gasteiger partial charge on any atom is 0.109 e. The molecule has 0 amide bonds. The molecule has 0 aromatic carbocycles. The molecule has 0 radical (unpaired) electrons. The Kier molecular flexibility index (Phi) is 4.20. The Morgan fingerprint density at radius 1 is 1.37 bits per heavy atom. The Balaban J connectivity index is 1.67. The van der Waals surface area contributed by atoms with Crippen molar-refractivity contribution in [2.45, 2.75) is 64.1 Å². The molecular weight excluding hydrogens is 254 g/mol. The number of rotatable bonds is 3. The highest BCUT2D eigenvalue weighted by atomic mass is 32.1. The van der Waals surface area contributed by atoms with Gasteiger partial charge in [-0.3, -0.25) is 4.90 Å². The Hall–Kier alpha value is -0.450. The van der Waals surface area contributed by atoms with Gasteiger partial charge >= 0.3 is 0 Å². The molecule has 1 saturated heterocycles. The van der Waals surface area contributed by atoms with E-state index in [1.807, 2.05) is 6.92 Å². The van der Waals surface area contributed by atoms with Crippen LogP contribution >= 0.6 is 11.3 Å². The van der Waals surface area contributed by atoms with Crippen LogP contribution in [0.4, 0.5) is 0 Å². The third-order valence-electron chi connectivity index (χ3n) is 4.68. The molecule has 1 saturated carbocycles. The van der Waals surface area contributed by atoms with E-state index in [4.69, 9.17) is 10.7 Å². The number of hydrogen-bond donors (Lipinski definition) is 1. The maximum absolute atomic E-state index is 5.90. The second-order valence-corrected chi connectivity index (χ2v) is 7.08. The summed E-state index contributed by atoms with van der Waals surface area (Å²) in [6.45, 7) is 4.30. The van der Waals surface area contributed by atoms with E-state index in [2.05, 4.69) is 10.3 Å². The molecule has 0 bridgehead atoms. The molecule has 3 rings (SSSR count). The van der Waals surface area contributed by atoms with E-state index < -0.39 is 0 Å². The van der Waals surface area contributed by atoms with Crippen molar-refractivity contribution in [3.8, 4) is 0 Å². The van der Waals surface area contributed by atoms with Crippen molar-refractivity contribution in [2.24, 2.45) is 11.7 Å². The normalized spacial score (nSPS) is 30.0. The van der Waals surface area contributed by atoms with Crippen LogP contribution < -0.4 is 5.73 Å². The molecule has 19 heavy (non-hydrogen) atoms. The number of nitrogens with zero attached hydrogens (tertiary/aromatic N) is 2. The minimum absolute atomic E-state index is 0.0718. The third kappa shape index (κ3) is 3.01. The number of piperidine rings is 1. The Labute approximate surface area is 120 Å². The van der Waals surface area contributed by atoms with E-state index >= 15 is 0 Å². The fourth-order valence-electron chi connectivity index (χ4n) is 3.74. The number of fused-ring (bicyclic) bond motifs is 1. The molecule has 3 nitrogen and oxygen atoms in total. The van der Waals surface area contributed by atoms with Crippen LogP contribution in [0.25, 0.3) is 0 Å². The van der Waals surface area contributed by atoms with Gasteiger partial charge in [0.05, 0.1) is 11.7 Å². The lowest BCUT2D eigenvalue weighted by Gasteiger charge is -2.44. The lowest BCUT2D eigenvalue weighted by molar-refractivity contribution is 0.0538. The van der Waals surface area contributed by atoms with Crippen molar-refractivity contribution in [2.75, 3.05) is 6.54 Å². The Morgan fingerprint density at radius 3 is 2.95 bits per heavy atom. The molecule has 4 heteroatoms. The predicted molar refractivity (Wildman–Crippen MR) is 80.1 cm³/mol. The first-order valence-corrected chi connectivity index (χ1v) is 8.56. The standard InChI is InChI=1S/C15H25N3S/c1-11(16)15-17-13(10-19-15)9-18-8-4-6-12-5-2-3-7-14(12)18/h10-12,14H,2-9,16H2,1H3/t11?,12-,14-/m1/s1. The molecule has 2 N–H and O–H groups in total. The Bertz CT molecular complexity index is 413. The van der Waals surface area contributed by atoms with Crippen molar-refractivity contribution in [3.63, 3.8) is 0 Å². The van der Waals surface area contributed by atoms with Gasteiger partial charge in [0.25, 0.3) is 0 Å². The molecule has 3 atom stereocenters. The van der Waals surface area contributed by atoms with E-state index in [0.29, 0.717) is 0 Å². The van der Waals surface area contributed by atoms with E-state index in [9.17, 15) is 0 Å². The van der Waals surface area contributed by atoms with Crippen LogP contribution in [0.1, 0.15) is 62.2 Å². The van der Waals surface area contributed by atoms with E-state index in [1.54, 1.807) is 11.3 Å². The number of thiazole rings is 1. The van der Waals surface area contributed by atoms with E-state index in [1.165, 1.54) is 50.8 Å². The van der Waals surface area contributed by atoms with Gasteiger partial charge in [0, 0.05) is 18.0 Å². The highest BCUT2D eigenvalue weighted by molar-refractivity contribution is 7.09. The number of likely N-dealkylation sites (tertiary alicyclic amines) is 1. The van der Waals surface area contributed by atoms with Crippen molar-refractivity contribution in [1.29, 1.82) is 0 Å². The van der Waals surface area contributed by atoms with Crippen LogP contribution in [0.3, 0.4) is 0 Å². The molecule has 1 aliphatic carbocycles. The maximum atomic E-state index is 5.90. The van der Waals surface area contributed by atoms with Gasteiger partial charge < -0.3 is 5.73 Å². The fraction of sp³-hybridized carbons (Fsp3) is 0.800. The van der Waals surface area contributed by atoms with Gasteiger partial charge in [-0.2, -0.15) is 0 Å². The van der Waals surface area contributed by atoms with Gasteiger partial charge in [-0.25, -0.2) is 4.98 Å². The van der Waals surface area contributed by atoms with Gasteiger partial charge in [-0.1, -0.05) is 12.8 Å². The zero-order chi connectivity index (χ0) is 13.2. The molecule has 1 aliphatic heterocycles. The summed E-state index contributed by atoms with van der Waals surface area (Å²) in [6.07, 6.45) is 8.52. The molecule has 106 valence electrons. The van der Waals surface area contributed by atoms with Gasteiger partial charge in [-0.15, -0.1) is 11.3 Å². The summed E-state index contributed by atoms with van der Waals surface area (Å²) in [5.41, 5.74) is 7.13. The van der Waals surface area contributed by atoms with Crippen molar-refractivity contribution >= 4 is 11.3 Å². The molecule has 2 heterocycles. The summed E-state index contributed by atoms with van der Waals surface area (Å²) in [4.78, 5) is 7.38. The summed E-state index contributed by atoms with van der Waals surface area (Å²) in [5, 5.41) is 3.28. The third-order valence-corrected chi connectivity index (χ3v) is 5.78. The summed E-state index contributed by atoms with van der Waals surface area (Å²) in [5.74, 6) is 0.953. The molecule has 2 aliphatic rings. The van der Waals surface area contributed by atoms with Gasteiger partial charge in [-0.05, 0) is 45.1 Å².